The molecule has 0 unspecified atom stereocenters. The fraction of sp³-hybridized carbons (Fsp3) is 0.905. The Morgan fingerprint density at radius 3 is 1.35 bits per heavy atom. The number of aliphatic hydroxyl groups is 4. The van der Waals surface area contributed by atoms with Gasteiger partial charge in [0, 0.05) is 6.42 Å². The van der Waals surface area contributed by atoms with Crippen molar-refractivity contribution in [2.24, 2.45) is 5.73 Å². The first-order chi connectivity index (χ1) is 12.5. The zero-order valence-corrected chi connectivity index (χ0v) is 16.9. The van der Waals surface area contributed by atoms with Gasteiger partial charge >= 0.3 is 0 Å². The van der Waals surface area contributed by atoms with Gasteiger partial charge in [-0.2, -0.15) is 0 Å². The number of unbranched alkanes of at least 4 members (excludes halogenated alkanes) is 13. The fourth-order valence-corrected chi connectivity index (χ4v) is 3.09. The molecule has 0 aromatic rings. The van der Waals surface area contributed by atoms with E-state index in [9.17, 15) is 10.2 Å². The second kappa shape index (κ2) is 16.4. The van der Waals surface area contributed by atoms with Crippen molar-refractivity contribution in [3.05, 3.63) is 11.5 Å². The maximum Gasteiger partial charge on any atom is 0.154 e. The molecule has 0 fully saturated rings. The molecule has 0 spiro atoms. The zero-order valence-electron chi connectivity index (χ0n) is 16.9. The molecule has 0 heterocycles. The molecule has 6 N–H and O–H groups in total. The van der Waals surface area contributed by atoms with Gasteiger partial charge in [0.15, 0.2) is 5.76 Å². The van der Waals surface area contributed by atoms with Gasteiger partial charge in [-0.15, -0.1) is 0 Å². The van der Waals surface area contributed by atoms with Crippen molar-refractivity contribution in [3.8, 4) is 0 Å². The van der Waals surface area contributed by atoms with E-state index in [0.717, 1.165) is 19.3 Å². The third-order valence-corrected chi connectivity index (χ3v) is 5.08. The van der Waals surface area contributed by atoms with Crippen LogP contribution in [0.3, 0.4) is 0 Å². The summed E-state index contributed by atoms with van der Waals surface area (Å²) in [6, 6.07) is 0. The van der Waals surface area contributed by atoms with Gasteiger partial charge in [0.25, 0.3) is 0 Å². The molecule has 26 heavy (non-hydrogen) atoms. The van der Waals surface area contributed by atoms with Crippen LogP contribution in [0.5, 0.6) is 0 Å². The Morgan fingerprint density at radius 2 is 1.00 bits per heavy atom. The van der Waals surface area contributed by atoms with Gasteiger partial charge in [0.05, 0.1) is 13.2 Å². The summed E-state index contributed by atoms with van der Waals surface area (Å²) in [7, 11) is 0. The summed E-state index contributed by atoms with van der Waals surface area (Å²) >= 11 is 0. The van der Waals surface area contributed by atoms with Crippen molar-refractivity contribution >= 4 is 0 Å². The maximum absolute atomic E-state index is 9.83. The van der Waals surface area contributed by atoms with Crippen molar-refractivity contribution in [2.75, 3.05) is 13.2 Å². The largest absolute Gasteiger partial charge is 0.509 e. The van der Waals surface area contributed by atoms with Gasteiger partial charge in [0.2, 0.25) is 0 Å². The van der Waals surface area contributed by atoms with E-state index >= 15 is 0 Å². The quantitative estimate of drug-likeness (QED) is 0.174. The van der Waals surface area contributed by atoms with E-state index in [-0.39, 0.29) is 5.76 Å². The molecule has 0 amide bonds. The Hall–Kier alpha value is -0.780. The van der Waals surface area contributed by atoms with E-state index in [1.54, 1.807) is 0 Å². The maximum atomic E-state index is 9.83. The predicted molar refractivity (Wildman–Crippen MR) is 108 cm³/mol. The van der Waals surface area contributed by atoms with Gasteiger partial charge in [0.1, 0.15) is 11.3 Å². The Balaban J connectivity index is 3.54. The lowest BCUT2D eigenvalue weighted by Crippen LogP contribution is -2.49. The number of hydrogen-bond acceptors (Lipinski definition) is 5. The van der Waals surface area contributed by atoms with Crippen molar-refractivity contribution in [2.45, 2.75) is 109 Å². The summed E-state index contributed by atoms with van der Waals surface area (Å²) < 4.78 is 0. The van der Waals surface area contributed by atoms with Gasteiger partial charge < -0.3 is 26.2 Å². The molecule has 5 nitrogen and oxygen atoms in total. The molecule has 0 radical (unpaired) electrons. The van der Waals surface area contributed by atoms with Gasteiger partial charge in [-0.05, 0) is 6.42 Å². The van der Waals surface area contributed by atoms with Crippen LogP contribution in [0.4, 0.5) is 0 Å². The van der Waals surface area contributed by atoms with E-state index in [2.05, 4.69) is 6.92 Å². The number of aliphatic hydroxyl groups excluding tert-OH is 4. The Labute approximate surface area is 160 Å². The molecule has 0 rings (SSSR count). The van der Waals surface area contributed by atoms with Crippen LogP contribution in [0.1, 0.15) is 103 Å². The van der Waals surface area contributed by atoms with Crippen LogP contribution in [-0.4, -0.2) is 39.2 Å². The number of rotatable bonds is 18. The van der Waals surface area contributed by atoms with E-state index in [0.29, 0.717) is 6.42 Å². The highest BCUT2D eigenvalue weighted by Crippen LogP contribution is 2.19. The summed E-state index contributed by atoms with van der Waals surface area (Å²) in [6.07, 6.45) is 17.9. The second-order valence-electron chi connectivity index (χ2n) is 7.61. The molecule has 0 saturated heterocycles. The van der Waals surface area contributed by atoms with Crippen molar-refractivity contribution in [1.82, 2.24) is 0 Å². The van der Waals surface area contributed by atoms with E-state index in [1.165, 1.54) is 70.6 Å². The summed E-state index contributed by atoms with van der Waals surface area (Å²) in [5.41, 5.74) is 3.97. The summed E-state index contributed by atoms with van der Waals surface area (Å²) in [5, 5.41) is 37.9. The summed E-state index contributed by atoms with van der Waals surface area (Å²) in [6.45, 7) is 1.03. The molecule has 0 aromatic heterocycles. The highest BCUT2D eigenvalue weighted by atomic mass is 16.3. The normalized spacial score (nSPS) is 13.1. The smallest absolute Gasteiger partial charge is 0.154 e. The number of hydrogen-bond donors (Lipinski definition) is 5. The molecule has 0 aliphatic carbocycles. The van der Waals surface area contributed by atoms with Crippen LogP contribution in [0.15, 0.2) is 11.5 Å². The molecule has 0 atom stereocenters. The van der Waals surface area contributed by atoms with E-state index in [1.807, 2.05) is 0 Å². The van der Waals surface area contributed by atoms with E-state index in [4.69, 9.17) is 15.9 Å². The lowest BCUT2D eigenvalue weighted by molar-refractivity contribution is 0.102. The lowest BCUT2D eigenvalue weighted by Gasteiger charge is -2.24. The molecular formula is C21H43NO4. The van der Waals surface area contributed by atoms with Crippen LogP contribution in [0.25, 0.3) is 0 Å². The van der Waals surface area contributed by atoms with Gasteiger partial charge in [-0.3, -0.25) is 0 Å². The highest BCUT2D eigenvalue weighted by molar-refractivity contribution is 5.15. The average Bonchev–Trinajstić information content (AvgIpc) is 2.66. The zero-order chi connectivity index (χ0) is 19.7. The van der Waals surface area contributed by atoms with Crippen molar-refractivity contribution in [1.29, 1.82) is 0 Å². The molecule has 0 aliphatic heterocycles. The predicted octanol–water partition coefficient (Wildman–Crippen LogP) is 4.87. The molecular weight excluding hydrogens is 330 g/mol. The first-order valence-electron chi connectivity index (χ1n) is 10.6. The standard InChI is InChI=1S/C21H43NO4/c1-2-3-4-5-6-7-8-9-10-11-12-13-14-15-16-19(25)20(26)21(22,17-23)18-24/h23-26H,2-18,22H2,1H3. The molecule has 0 aliphatic rings. The molecule has 0 saturated carbocycles. The van der Waals surface area contributed by atoms with Crippen LogP contribution >= 0.6 is 0 Å². The van der Waals surface area contributed by atoms with E-state index < -0.39 is 24.5 Å². The SMILES string of the molecule is CCCCCCCCCCCCCCCCC(O)=C(O)C(N)(CO)CO. The lowest BCUT2D eigenvalue weighted by atomic mass is 9.98. The van der Waals surface area contributed by atoms with Crippen LogP contribution in [0.2, 0.25) is 0 Å². The Kier molecular flexibility index (Phi) is 15.9. The first-order valence-corrected chi connectivity index (χ1v) is 10.6. The minimum Gasteiger partial charge on any atom is -0.509 e. The van der Waals surface area contributed by atoms with Crippen LogP contribution < -0.4 is 5.73 Å². The van der Waals surface area contributed by atoms with Crippen molar-refractivity contribution in [3.63, 3.8) is 0 Å². The first kappa shape index (κ1) is 25.2. The minimum atomic E-state index is -1.65. The van der Waals surface area contributed by atoms with Crippen LogP contribution in [-0.2, 0) is 0 Å². The summed E-state index contributed by atoms with van der Waals surface area (Å²) in [5.74, 6) is -0.730. The molecule has 0 aromatic carbocycles. The number of nitrogens with two attached hydrogens (primary N) is 1. The number of allylic oxidation sites excluding steroid dienone is 1. The van der Waals surface area contributed by atoms with Crippen molar-refractivity contribution < 1.29 is 20.4 Å². The summed E-state index contributed by atoms with van der Waals surface area (Å²) in [4.78, 5) is 0. The second-order valence-corrected chi connectivity index (χ2v) is 7.61. The van der Waals surface area contributed by atoms with Crippen LogP contribution in [0, 0.1) is 0 Å². The minimum absolute atomic E-state index is 0.227. The Morgan fingerprint density at radius 1 is 0.654 bits per heavy atom. The molecule has 0 bridgehead atoms. The Bertz CT molecular complexity index is 354. The highest BCUT2D eigenvalue weighted by Gasteiger charge is 2.31. The van der Waals surface area contributed by atoms with Gasteiger partial charge in [-0.1, -0.05) is 90.4 Å². The molecule has 156 valence electrons. The topological polar surface area (TPSA) is 107 Å². The molecule has 5 heteroatoms. The third kappa shape index (κ3) is 11.8. The monoisotopic (exact) mass is 373 g/mol. The fourth-order valence-electron chi connectivity index (χ4n) is 3.09. The van der Waals surface area contributed by atoms with Gasteiger partial charge in [-0.25, -0.2) is 0 Å². The third-order valence-electron chi connectivity index (χ3n) is 5.08. The average molecular weight is 374 g/mol.